The van der Waals surface area contributed by atoms with Crippen molar-refractivity contribution < 1.29 is 9.90 Å². The van der Waals surface area contributed by atoms with Gasteiger partial charge in [-0.15, -0.1) is 0 Å². The average molecular weight is 144 g/mol. The summed E-state index contributed by atoms with van der Waals surface area (Å²) in [4.78, 5) is 10.1. The van der Waals surface area contributed by atoms with Gasteiger partial charge in [0.1, 0.15) is 0 Å². The Morgan fingerprint density at radius 1 is 1.70 bits per heavy atom. The van der Waals surface area contributed by atoms with E-state index in [1.54, 1.807) is 0 Å². The van der Waals surface area contributed by atoms with E-state index in [1.165, 1.54) is 0 Å². The molecule has 1 saturated carbocycles. The molecule has 3 N–H and O–H groups in total. The normalized spacial score (nSPS) is 20.1. The van der Waals surface area contributed by atoms with Gasteiger partial charge in [-0.05, 0) is 19.9 Å². The van der Waals surface area contributed by atoms with E-state index in [-0.39, 0.29) is 5.54 Å². The van der Waals surface area contributed by atoms with Crippen molar-refractivity contribution in [3.8, 4) is 0 Å². The summed E-state index contributed by atoms with van der Waals surface area (Å²) < 4.78 is 0. The summed E-state index contributed by atoms with van der Waals surface area (Å²) in [7, 11) is 1.86. The van der Waals surface area contributed by atoms with Gasteiger partial charge in [-0.3, -0.25) is 0 Å². The Kier molecular flexibility index (Phi) is 1.80. The SMILES string of the molecule is CNC1(CNC(=O)O)CC1. The summed E-state index contributed by atoms with van der Waals surface area (Å²) in [5.74, 6) is 0. The summed E-state index contributed by atoms with van der Waals surface area (Å²) >= 11 is 0. The Balaban J connectivity index is 2.19. The van der Waals surface area contributed by atoms with Crippen molar-refractivity contribution in [1.82, 2.24) is 10.6 Å². The number of hydrogen-bond donors (Lipinski definition) is 3. The number of rotatable bonds is 3. The Hall–Kier alpha value is -0.770. The van der Waals surface area contributed by atoms with Gasteiger partial charge < -0.3 is 15.7 Å². The molecule has 4 heteroatoms. The first-order valence-electron chi connectivity index (χ1n) is 3.34. The minimum Gasteiger partial charge on any atom is -0.465 e. The topological polar surface area (TPSA) is 61.4 Å². The van der Waals surface area contributed by atoms with Crippen LogP contribution in [0.15, 0.2) is 0 Å². The Labute approximate surface area is 59.6 Å². The molecular formula is C6H12N2O2. The van der Waals surface area contributed by atoms with E-state index in [2.05, 4.69) is 10.6 Å². The molecule has 0 spiro atoms. The van der Waals surface area contributed by atoms with Gasteiger partial charge in [0.05, 0.1) is 0 Å². The molecule has 0 heterocycles. The van der Waals surface area contributed by atoms with Crippen molar-refractivity contribution in [2.75, 3.05) is 13.6 Å². The van der Waals surface area contributed by atoms with E-state index in [0.29, 0.717) is 6.54 Å². The molecule has 0 aromatic carbocycles. The van der Waals surface area contributed by atoms with E-state index in [9.17, 15) is 4.79 Å². The van der Waals surface area contributed by atoms with Crippen molar-refractivity contribution >= 4 is 6.09 Å². The zero-order chi connectivity index (χ0) is 7.61. The molecular weight excluding hydrogens is 132 g/mol. The van der Waals surface area contributed by atoms with Crippen LogP contribution in [0.2, 0.25) is 0 Å². The van der Waals surface area contributed by atoms with Gasteiger partial charge in [0, 0.05) is 12.1 Å². The second-order valence-corrected chi connectivity index (χ2v) is 2.69. The number of amides is 1. The minimum atomic E-state index is -0.943. The third-order valence-corrected chi connectivity index (χ3v) is 1.96. The van der Waals surface area contributed by atoms with Gasteiger partial charge in [-0.1, -0.05) is 0 Å². The highest BCUT2D eigenvalue weighted by atomic mass is 16.4. The molecule has 0 unspecified atom stereocenters. The Bertz CT molecular complexity index is 143. The molecule has 0 aliphatic heterocycles. The minimum absolute atomic E-state index is 0.0817. The van der Waals surface area contributed by atoms with Crippen LogP contribution in [-0.4, -0.2) is 30.3 Å². The lowest BCUT2D eigenvalue weighted by atomic mass is 10.3. The van der Waals surface area contributed by atoms with Crippen LogP contribution in [0.3, 0.4) is 0 Å². The fraction of sp³-hybridized carbons (Fsp3) is 0.833. The molecule has 0 aromatic rings. The van der Waals surface area contributed by atoms with Gasteiger partial charge in [0.15, 0.2) is 0 Å². The highest BCUT2D eigenvalue weighted by molar-refractivity contribution is 5.64. The van der Waals surface area contributed by atoms with Crippen molar-refractivity contribution in [1.29, 1.82) is 0 Å². The summed E-state index contributed by atoms with van der Waals surface area (Å²) in [5, 5.41) is 13.7. The molecule has 0 bridgehead atoms. The molecule has 1 rings (SSSR count). The highest BCUT2D eigenvalue weighted by Crippen LogP contribution is 2.33. The van der Waals surface area contributed by atoms with E-state index in [0.717, 1.165) is 12.8 Å². The lowest BCUT2D eigenvalue weighted by Gasteiger charge is -2.12. The molecule has 0 atom stereocenters. The van der Waals surface area contributed by atoms with Crippen LogP contribution in [0.1, 0.15) is 12.8 Å². The smallest absolute Gasteiger partial charge is 0.404 e. The first-order chi connectivity index (χ1) is 4.68. The van der Waals surface area contributed by atoms with E-state index in [1.807, 2.05) is 7.05 Å². The van der Waals surface area contributed by atoms with Crippen LogP contribution >= 0.6 is 0 Å². The fourth-order valence-corrected chi connectivity index (χ4v) is 0.911. The number of hydrogen-bond acceptors (Lipinski definition) is 2. The second-order valence-electron chi connectivity index (χ2n) is 2.69. The number of carboxylic acid groups (broad SMARTS) is 1. The maximum atomic E-state index is 10.1. The Morgan fingerprint density at radius 2 is 2.30 bits per heavy atom. The molecule has 1 aliphatic carbocycles. The molecule has 0 aromatic heterocycles. The zero-order valence-electron chi connectivity index (χ0n) is 5.98. The van der Waals surface area contributed by atoms with Crippen LogP contribution in [-0.2, 0) is 0 Å². The van der Waals surface area contributed by atoms with Gasteiger partial charge in [0.25, 0.3) is 0 Å². The van der Waals surface area contributed by atoms with Crippen molar-refractivity contribution in [2.45, 2.75) is 18.4 Å². The van der Waals surface area contributed by atoms with Gasteiger partial charge in [-0.2, -0.15) is 0 Å². The largest absolute Gasteiger partial charge is 0.465 e. The first kappa shape index (κ1) is 7.34. The van der Waals surface area contributed by atoms with Gasteiger partial charge >= 0.3 is 6.09 Å². The molecule has 0 radical (unpaired) electrons. The first-order valence-corrected chi connectivity index (χ1v) is 3.34. The third-order valence-electron chi connectivity index (χ3n) is 1.96. The molecule has 1 amide bonds. The molecule has 10 heavy (non-hydrogen) atoms. The molecule has 1 fully saturated rings. The number of nitrogens with one attached hydrogen (secondary N) is 2. The maximum Gasteiger partial charge on any atom is 0.404 e. The van der Waals surface area contributed by atoms with Crippen LogP contribution in [0.25, 0.3) is 0 Å². The quantitative estimate of drug-likeness (QED) is 0.522. The average Bonchev–Trinajstić information content (AvgIpc) is 2.64. The monoisotopic (exact) mass is 144 g/mol. The van der Waals surface area contributed by atoms with Crippen LogP contribution < -0.4 is 10.6 Å². The van der Waals surface area contributed by atoms with E-state index >= 15 is 0 Å². The summed E-state index contributed by atoms with van der Waals surface area (Å²) in [6.45, 7) is 0.527. The molecule has 58 valence electrons. The standard InChI is InChI=1S/C6H12N2O2/c1-7-6(2-3-6)4-8-5(9)10/h7-8H,2-4H2,1H3,(H,9,10). The van der Waals surface area contributed by atoms with Gasteiger partial charge in [0.2, 0.25) is 0 Å². The van der Waals surface area contributed by atoms with Crippen LogP contribution in [0.4, 0.5) is 4.79 Å². The summed E-state index contributed by atoms with van der Waals surface area (Å²) in [5.41, 5.74) is 0.0817. The lowest BCUT2D eigenvalue weighted by Crippen LogP contribution is -2.40. The van der Waals surface area contributed by atoms with Crippen molar-refractivity contribution in [2.24, 2.45) is 0 Å². The van der Waals surface area contributed by atoms with E-state index < -0.39 is 6.09 Å². The van der Waals surface area contributed by atoms with Gasteiger partial charge in [-0.25, -0.2) is 4.79 Å². The highest BCUT2D eigenvalue weighted by Gasteiger charge is 2.40. The summed E-state index contributed by atoms with van der Waals surface area (Å²) in [6.07, 6.45) is 1.20. The fourth-order valence-electron chi connectivity index (χ4n) is 0.911. The maximum absolute atomic E-state index is 10.1. The molecule has 0 saturated heterocycles. The molecule has 4 nitrogen and oxygen atoms in total. The number of carbonyl (C=O) groups is 1. The van der Waals surface area contributed by atoms with E-state index in [4.69, 9.17) is 5.11 Å². The van der Waals surface area contributed by atoms with Crippen molar-refractivity contribution in [3.63, 3.8) is 0 Å². The van der Waals surface area contributed by atoms with Crippen molar-refractivity contribution in [3.05, 3.63) is 0 Å². The lowest BCUT2D eigenvalue weighted by molar-refractivity contribution is 0.192. The summed E-state index contributed by atoms with van der Waals surface area (Å²) in [6, 6.07) is 0. The Morgan fingerprint density at radius 3 is 2.60 bits per heavy atom. The third kappa shape index (κ3) is 1.60. The predicted molar refractivity (Wildman–Crippen MR) is 37.1 cm³/mol. The number of likely N-dealkylation sites (N-methyl/N-ethyl adjacent to an activating group) is 1. The van der Waals surface area contributed by atoms with Crippen LogP contribution in [0, 0.1) is 0 Å². The second kappa shape index (κ2) is 2.46. The predicted octanol–water partition coefficient (Wildman–Crippen LogP) is 0.00600. The molecule has 1 aliphatic rings. The van der Waals surface area contributed by atoms with Crippen LogP contribution in [0.5, 0.6) is 0 Å². The zero-order valence-corrected chi connectivity index (χ0v) is 5.98.